The Morgan fingerprint density at radius 1 is 1.40 bits per heavy atom. The van der Waals surface area contributed by atoms with Gasteiger partial charge >= 0.3 is 0 Å². The molecule has 6 heteroatoms. The van der Waals surface area contributed by atoms with Gasteiger partial charge in [0.1, 0.15) is 0 Å². The summed E-state index contributed by atoms with van der Waals surface area (Å²) in [7, 11) is 1.74. The Morgan fingerprint density at radius 2 is 2.25 bits per heavy atom. The fraction of sp³-hybridized carbons (Fsp3) is 0.500. The number of guanidine groups is 1. The van der Waals surface area contributed by atoms with Crippen LogP contribution in [0.5, 0.6) is 0 Å². The van der Waals surface area contributed by atoms with Crippen LogP contribution in [0.4, 0.5) is 0 Å². The summed E-state index contributed by atoms with van der Waals surface area (Å²) in [6, 6.07) is 5.47. The molecule has 0 amide bonds. The zero-order valence-corrected chi connectivity index (χ0v) is 13.0. The van der Waals surface area contributed by atoms with Crippen molar-refractivity contribution in [2.45, 2.75) is 25.5 Å². The van der Waals surface area contributed by atoms with Crippen LogP contribution in [0, 0.1) is 0 Å². The average molecular weight is 316 g/mol. The molecule has 1 aromatic carbocycles. The molecule has 1 aliphatic rings. The van der Waals surface area contributed by atoms with Gasteiger partial charge < -0.3 is 15.4 Å². The summed E-state index contributed by atoms with van der Waals surface area (Å²) in [6.07, 6.45) is 2.53. The van der Waals surface area contributed by atoms with Crippen molar-refractivity contribution in [3.63, 3.8) is 0 Å². The highest BCUT2D eigenvalue weighted by molar-refractivity contribution is 6.35. The molecule has 1 atom stereocenters. The standard InChI is InChI=1S/C14H19Cl2N3O/c1-17-14(19-9-12-3-2-6-20-12)18-8-10-4-5-11(15)7-13(10)16/h4-5,7,12H,2-3,6,8-9H2,1H3,(H2,17,18,19). The van der Waals surface area contributed by atoms with Crippen LogP contribution in [0.2, 0.25) is 10.0 Å². The predicted octanol–water partition coefficient (Wildman–Crippen LogP) is 2.84. The van der Waals surface area contributed by atoms with E-state index in [4.69, 9.17) is 27.9 Å². The highest BCUT2D eigenvalue weighted by Crippen LogP contribution is 2.20. The van der Waals surface area contributed by atoms with Crippen LogP contribution < -0.4 is 10.6 Å². The Balaban J connectivity index is 1.81. The summed E-state index contributed by atoms with van der Waals surface area (Å²) >= 11 is 12.0. The molecule has 2 rings (SSSR count). The fourth-order valence-electron chi connectivity index (χ4n) is 2.08. The van der Waals surface area contributed by atoms with E-state index in [0.29, 0.717) is 16.6 Å². The summed E-state index contributed by atoms with van der Waals surface area (Å²) in [6.45, 7) is 2.23. The molecule has 0 radical (unpaired) electrons. The molecule has 1 saturated heterocycles. The van der Waals surface area contributed by atoms with Crippen LogP contribution >= 0.6 is 23.2 Å². The number of aliphatic imine (C=N–C) groups is 1. The summed E-state index contributed by atoms with van der Waals surface area (Å²) in [5.74, 6) is 0.742. The molecule has 0 saturated carbocycles. The maximum atomic E-state index is 6.13. The van der Waals surface area contributed by atoms with Gasteiger partial charge in [0.05, 0.1) is 6.10 Å². The number of halogens is 2. The van der Waals surface area contributed by atoms with E-state index in [2.05, 4.69) is 15.6 Å². The first kappa shape index (κ1) is 15.4. The second kappa shape index (κ2) is 7.72. The third kappa shape index (κ3) is 4.54. The normalized spacial score (nSPS) is 19.1. The largest absolute Gasteiger partial charge is 0.376 e. The lowest BCUT2D eigenvalue weighted by molar-refractivity contribution is 0.114. The van der Waals surface area contributed by atoms with Gasteiger partial charge in [0.25, 0.3) is 0 Å². The SMILES string of the molecule is CN=C(NCc1ccc(Cl)cc1Cl)NCC1CCCO1. The van der Waals surface area contributed by atoms with E-state index in [1.165, 1.54) is 0 Å². The number of benzene rings is 1. The number of nitrogens with one attached hydrogen (secondary N) is 2. The summed E-state index contributed by atoms with van der Waals surface area (Å²) in [5, 5.41) is 7.77. The van der Waals surface area contributed by atoms with Crippen LogP contribution in [0.25, 0.3) is 0 Å². The topological polar surface area (TPSA) is 45.7 Å². The van der Waals surface area contributed by atoms with E-state index in [1.54, 1.807) is 13.1 Å². The van der Waals surface area contributed by atoms with Crippen molar-refractivity contribution in [2.75, 3.05) is 20.2 Å². The van der Waals surface area contributed by atoms with Gasteiger partial charge in [0.15, 0.2) is 5.96 Å². The first-order valence-electron chi connectivity index (χ1n) is 6.69. The van der Waals surface area contributed by atoms with Gasteiger partial charge in [0, 0.05) is 36.8 Å². The second-order valence-electron chi connectivity index (χ2n) is 4.68. The lowest BCUT2D eigenvalue weighted by Crippen LogP contribution is -2.40. The van der Waals surface area contributed by atoms with E-state index in [-0.39, 0.29) is 6.10 Å². The molecular weight excluding hydrogens is 297 g/mol. The molecule has 1 aliphatic heterocycles. The number of hydrogen-bond acceptors (Lipinski definition) is 2. The van der Waals surface area contributed by atoms with Gasteiger partial charge in [-0.05, 0) is 30.5 Å². The molecule has 1 aromatic rings. The number of ether oxygens (including phenoxy) is 1. The first-order chi connectivity index (χ1) is 9.69. The lowest BCUT2D eigenvalue weighted by atomic mass is 10.2. The van der Waals surface area contributed by atoms with Crippen molar-refractivity contribution in [2.24, 2.45) is 4.99 Å². The molecule has 0 aliphatic carbocycles. The summed E-state index contributed by atoms with van der Waals surface area (Å²) < 4.78 is 5.56. The highest BCUT2D eigenvalue weighted by Gasteiger charge is 2.15. The Bertz CT molecular complexity index is 473. The van der Waals surface area contributed by atoms with Crippen molar-refractivity contribution in [3.8, 4) is 0 Å². The Hall–Kier alpha value is -0.970. The van der Waals surface area contributed by atoms with Crippen molar-refractivity contribution in [1.82, 2.24) is 10.6 Å². The molecule has 4 nitrogen and oxygen atoms in total. The molecule has 1 unspecified atom stereocenters. The van der Waals surface area contributed by atoms with Gasteiger partial charge in [-0.3, -0.25) is 4.99 Å². The average Bonchev–Trinajstić information content (AvgIpc) is 2.94. The van der Waals surface area contributed by atoms with E-state index in [1.807, 2.05) is 12.1 Å². The third-order valence-corrected chi connectivity index (χ3v) is 3.79. The van der Waals surface area contributed by atoms with E-state index >= 15 is 0 Å². The monoisotopic (exact) mass is 315 g/mol. The molecular formula is C14H19Cl2N3O. The minimum atomic E-state index is 0.285. The molecule has 0 bridgehead atoms. The van der Waals surface area contributed by atoms with Crippen molar-refractivity contribution in [1.29, 1.82) is 0 Å². The van der Waals surface area contributed by atoms with Crippen molar-refractivity contribution >= 4 is 29.2 Å². The predicted molar refractivity (Wildman–Crippen MR) is 83.6 cm³/mol. The molecule has 110 valence electrons. The number of hydrogen-bond donors (Lipinski definition) is 2. The van der Waals surface area contributed by atoms with Crippen LogP contribution in [0.15, 0.2) is 23.2 Å². The molecule has 0 spiro atoms. The maximum Gasteiger partial charge on any atom is 0.191 e. The second-order valence-corrected chi connectivity index (χ2v) is 5.52. The van der Waals surface area contributed by atoms with Gasteiger partial charge in [-0.15, -0.1) is 0 Å². The smallest absolute Gasteiger partial charge is 0.191 e. The van der Waals surface area contributed by atoms with Crippen molar-refractivity contribution < 1.29 is 4.74 Å². The van der Waals surface area contributed by atoms with Crippen LogP contribution in [0.1, 0.15) is 18.4 Å². The highest BCUT2D eigenvalue weighted by atomic mass is 35.5. The minimum Gasteiger partial charge on any atom is -0.376 e. The summed E-state index contributed by atoms with van der Waals surface area (Å²) in [5.41, 5.74) is 0.983. The van der Waals surface area contributed by atoms with Gasteiger partial charge in [-0.2, -0.15) is 0 Å². The molecule has 1 fully saturated rings. The molecule has 20 heavy (non-hydrogen) atoms. The van der Waals surface area contributed by atoms with Crippen LogP contribution in [0.3, 0.4) is 0 Å². The quantitative estimate of drug-likeness (QED) is 0.663. The minimum absolute atomic E-state index is 0.285. The molecule has 0 aromatic heterocycles. The number of rotatable bonds is 4. The van der Waals surface area contributed by atoms with E-state index in [0.717, 1.165) is 37.5 Å². The van der Waals surface area contributed by atoms with E-state index in [9.17, 15) is 0 Å². The van der Waals surface area contributed by atoms with Gasteiger partial charge in [0.2, 0.25) is 0 Å². The van der Waals surface area contributed by atoms with Crippen LogP contribution in [-0.2, 0) is 11.3 Å². The third-order valence-electron chi connectivity index (χ3n) is 3.21. The Morgan fingerprint density at radius 3 is 2.90 bits per heavy atom. The van der Waals surface area contributed by atoms with Crippen molar-refractivity contribution in [3.05, 3.63) is 33.8 Å². The van der Waals surface area contributed by atoms with Gasteiger partial charge in [-0.1, -0.05) is 29.3 Å². The lowest BCUT2D eigenvalue weighted by Gasteiger charge is -2.15. The Kier molecular flexibility index (Phi) is 5.95. The summed E-state index contributed by atoms with van der Waals surface area (Å²) in [4.78, 5) is 4.18. The zero-order valence-electron chi connectivity index (χ0n) is 11.5. The van der Waals surface area contributed by atoms with E-state index < -0.39 is 0 Å². The molecule has 1 heterocycles. The van der Waals surface area contributed by atoms with Crippen LogP contribution in [-0.4, -0.2) is 32.3 Å². The Labute approximate surface area is 129 Å². The molecule has 2 N–H and O–H groups in total. The fourth-order valence-corrected chi connectivity index (χ4v) is 2.56. The maximum absolute atomic E-state index is 6.13. The first-order valence-corrected chi connectivity index (χ1v) is 7.44. The van der Waals surface area contributed by atoms with Gasteiger partial charge in [-0.25, -0.2) is 0 Å². The zero-order chi connectivity index (χ0) is 14.4. The number of nitrogens with zero attached hydrogens (tertiary/aromatic N) is 1.